The highest BCUT2D eigenvalue weighted by Crippen LogP contribution is 2.24. The first-order valence-electron chi connectivity index (χ1n) is 4.44. The van der Waals surface area contributed by atoms with Crippen LogP contribution >= 0.6 is 0 Å². The summed E-state index contributed by atoms with van der Waals surface area (Å²) in [5, 5.41) is 1.79. The molecule has 0 amide bonds. The second-order valence-electron chi connectivity index (χ2n) is 3.13. The van der Waals surface area contributed by atoms with Crippen molar-refractivity contribution in [1.29, 1.82) is 0 Å². The second kappa shape index (κ2) is 3.66. The maximum Gasteiger partial charge on any atom is 0.170 e. The van der Waals surface area contributed by atoms with Crippen LogP contribution in [-0.4, -0.2) is 30.4 Å². The van der Waals surface area contributed by atoms with E-state index in [1.165, 1.54) is 7.11 Å². The molecule has 0 aromatic carbocycles. The number of nitrogens with zero attached hydrogens (tertiary/aromatic N) is 1. The first-order valence-corrected chi connectivity index (χ1v) is 4.44. The quantitative estimate of drug-likeness (QED) is 0.614. The van der Waals surface area contributed by atoms with Crippen LogP contribution in [0.4, 0.5) is 0 Å². The largest absolute Gasteiger partial charge is 0.494 e. The number of carbonyl (C=O) groups excluding carboxylic acids is 1. The highest BCUT2D eigenvalue weighted by molar-refractivity contribution is 5.79. The molecule has 0 saturated heterocycles. The first-order chi connectivity index (χ1) is 7.26. The van der Waals surface area contributed by atoms with Crippen LogP contribution in [0.25, 0.3) is 5.70 Å². The van der Waals surface area contributed by atoms with Gasteiger partial charge in [0.05, 0.1) is 18.5 Å². The maximum atomic E-state index is 10.7. The van der Waals surface area contributed by atoms with Gasteiger partial charge in [0.2, 0.25) is 0 Å². The van der Waals surface area contributed by atoms with Crippen molar-refractivity contribution >= 4 is 12.0 Å². The van der Waals surface area contributed by atoms with Gasteiger partial charge in [0.25, 0.3) is 0 Å². The van der Waals surface area contributed by atoms with Crippen LogP contribution in [0.5, 0.6) is 5.75 Å². The lowest BCUT2D eigenvalue weighted by atomic mass is 10.3. The van der Waals surface area contributed by atoms with Gasteiger partial charge in [0.1, 0.15) is 11.4 Å². The van der Waals surface area contributed by atoms with Gasteiger partial charge in [0.15, 0.2) is 6.29 Å². The summed E-state index contributed by atoms with van der Waals surface area (Å²) in [7, 11) is 3.39. The van der Waals surface area contributed by atoms with Crippen molar-refractivity contribution in [2.24, 2.45) is 0 Å². The summed E-state index contributed by atoms with van der Waals surface area (Å²) < 4.78 is 5.06. The molecule has 1 aromatic rings. The molecule has 0 saturated carbocycles. The van der Waals surface area contributed by atoms with Crippen LogP contribution in [0.1, 0.15) is 16.2 Å². The second-order valence-corrected chi connectivity index (χ2v) is 3.13. The molecule has 15 heavy (non-hydrogen) atoms. The van der Waals surface area contributed by atoms with Crippen LogP contribution in [-0.2, 0) is 0 Å². The number of methoxy groups -OCH3 is 1. The number of hydrogen-bond donors (Lipinski definition) is 3. The lowest BCUT2D eigenvalue weighted by Gasteiger charge is -2.13. The number of aromatic nitrogens is 1. The van der Waals surface area contributed by atoms with Gasteiger partial charge in [-0.2, -0.15) is 0 Å². The van der Waals surface area contributed by atoms with Crippen molar-refractivity contribution in [2.75, 3.05) is 14.2 Å². The Morgan fingerprint density at radius 1 is 1.53 bits per heavy atom. The first kappa shape index (κ1) is 9.60. The Kier molecular flexibility index (Phi) is 2.34. The number of hydrazine groups is 2. The molecule has 2 rings (SSSR count). The molecule has 1 aliphatic heterocycles. The Bertz CT molecular complexity index is 410. The monoisotopic (exact) mass is 208 g/mol. The normalized spacial score (nSPS) is 14.8. The number of ether oxygens (including phenoxy) is 1. The molecule has 6 nitrogen and oxygen atoms in total. The Morgan fingerprint density at radius 2 is 2.33 bits per heavy atom. The number of carbonyl (C=O) groups is 1. The molecule has 80 valence electrons. The molecular formula is C9H12N4O2. The molecule has 0 radical (unpaired) electrons. The standard InChI is InChI=1S/C9H12N4O2/c1-13-8(4-10-12-13)6-3-9(15-2)7(5-14)11-6/h3-5,10-12H,1-2H3. The van der Waals surface area contributed by atoms with E-state index in [0.717, 1.165) is 17.7 Å². The van der Waals surface area contributed by atoms with Gasteiger partial charge in [-0.25, -0.2) is 0 Å². The highest BCUT2D eigenvalue weighted by atomic mass is 16.5. The fourth-order valence-electron chi connectivity index (χ4n) is 1.46. The Labute approximate surface area is 86.8 Å². The molecule has 0 spiro atoms. The fourth-order valence-corrected chi connectivity index (χ4v) is 1.46. The number of aldehydes is 1. The zero-order valence-corrected chi connectivity index (χ0v) is 8.50. The lowest BCUT2D eigenvalue weighted by molar-refractivity contribution is 0.111. The van der Waals surface area contributed by atoms with E-state index in [4.69, 9.17) is 4.74 Å². The fraction of sp³-hybridized carbons (Fsp3) is 0.222. The van der Waals surface area contributed by atoms with E-state index in [0.29, 0.717) is 11.4 Å². The summed E-state index contributed by atoms with van der Waals surface area (Å²) in [4.78, 5) is 13.7. The summed E-state index contributed by atoms with van der Waals surface area (Å²) in [6.07, 6.45) is 2.53. The van der Waals surface area contributed by atoms with Crippen LogP contribution in [0, 0.1) is 0 Å². The van der Waals surface area contributed by atoms with Crippen molar-refractivity contribution in [3.63, 3.8) is 0 Å². The number of aromatic amines is 1. The zero-order valence-electron chi connectivity index (χ0n) is 8.50. The smallest absolute Gasteiger partial charge is 0.170 e. The molecule has 0 fully saturated rings. The molecular weight excluding hydrogens is 196 g/mol. The maximum absolute atomic E-state index is 10.7. The minimum Gasteiger partial charge on any atom is -0.494 e. The Balaban J connectivity index is 2.37. The van der Waals surface area contributed by atoms with Gasteiger partial charge in [-0.1, -0.05) is 0 Å². The summed E-state index contributed by atoms with van der Waals surface area (Å²) in [6.45, 7) is 0. The van der Waals surface area contributed by atoms with Gasteiger partial charge >= 0.3 is 0 Å². The van der Waals surface area contributed by atoms with Crippen molar-refractivity contribution in [3.05, 3.63) is 23.7 Å². The summed E-state index contributed by atoms with van der Waals surface area (Å²) >= 11 is 0. The third-order valence-corrected chi connectivity index (χ3v) is 2.23. The number of H-pyrrole nitrogens is 1. The molecule has 3 N–H and O–H groups in total. The third kappa shape index (κ3) is 1.55. The molecule has 6 heteroatoms. The van der Waals surface area contributed by atoms with E-state index >= 15 is 0 Å². The van der Waals surface area contributed by atoms with E-state index in [1.54, 1.807) is 17.3 Å². The van der Waals surface area contributed by atoms with Gasteiger partial charge in [-0.05, 0) is 0 Å². The van der Waals surface area contributed by atoms with E-state index in [2.05, 4.69) is 15.9 Å². The van der Waals surface area contributed by atoms with Gasteiger partial charge in [0, 0.05) is 19.3 Å². The summed E-state index contributed by atoms with van der Waals surface area (Å²) in [6, 6.07) is 1.78. The average Bonchev–Trinajstić information content (AvgIpc) is 2.82. The summed E-state index contributed by atoms with van der Waals surface area (Å²) in [5.41, 5.74) is 7.88. The Hall–Kier alpha value is -1.95. The van der Waals surface area contributed by atoms with E-state index in [9.17, 15) is 4.79 Å². The number of rotatable bonds is 3. The summed E-state index contributed by atoms with van der Waals surface area (Å²) in [5.74, 6) is 0.543. The third-order valence-electron chi connectivity index (χ3n) is 2.23. The highest BCUT2D eigenvalue weighted by Gasteiger charge is 2.16. The van der Waals surface area contributed by atoms with Crippen molar-refractivity contribution < 1.29 is 9.53 Å². The van der Waals surface area contributed by atoms with Crippen LogP contribution < -0.4 is 15.7 Å². The van der Waals surface area contributed by atoms with Crippen LogP contribution in [0.2, 0.25) is 0 Å². The zero-order chi connectivity index (χ0) is 10.8. The molecule has 0 unspecified atom stereocenters. The molecule has 0 aliphatic carbocycles. The van der Waals surface area contributed by atoms with Crippen LogP contribution in [0.3, 0.4) is 0 Å². The minimum atomic E-state index is 0.439. The molecule has 1 aromatic heterocycles. The lowest BCUT2D eigenvalue weighted by Crippen LogP contribution is -2.33. The number of hydrogen-bond acceptors (Lipinski definition) is 5. The van der Waals surface area contributed by atoms with Gasteiger partial charge in [-0.3, -0.25) is 9.80 Å². The molecule has 0 bridgehead atoms. The predicted octanol–water partition coefficient (Wildman–Crippen LogP) is 0.0888. The topological polar surface area (TPSA) is 69.4 Å². The van der Waals surface area contributed by atoms with E-state index < -0.39 is 0 Å². The SMILES string of the molecule is COc1cc(C2=CNNN2C)[nH]c1C=O. The predicted molar refractivity (Wildman–Crippen MR) is 54.7 cm³/mol. The molecule has 0 atom stereocenters. The van der Waals surface area contributed by atoms with Gasteiger partial charge in [-0.15, -0.1) is 5.53 Å². The Morgan fingerprint density at radius 3 is 2.80 bits per heavy atom. The van der Waals surface area contributed by atoms with Crippen molar-refractivity contribution in [3.8, 4) is 5.75 Å². The van der Waals surface area contributed by atoms with Gasteiger partial charge < -0.3 is 15.1 Å². The average molecular weight is 208 g/mol. The van der Waals surface area contributed by atoms with Crippen LogP contribution in [0.15, 0.2) is 12.3 Å². The van der Waals surface area contributed by atoms with Crippen molar-refractivity contribution in [2.45, 2.75) is 0 Å². The van der Waals surface area contributed by atoms with E-state index in [1.807, 2.05) is 7.05 Å². The molecule has 1 aliphatic rings. The van der Waals surface area contributed by atoms with E-state index in [-0.39, 0.29) is 0 Å². The minimum absolute atomic E-state index is 0.439. The number of nitrogens with one attached hydrogen (secondary N) is 3. The molecule has 2 heterocycles. The van der Waals surface area contributed by atoms with Crippen molar-refractivity contribution in [1.82, 2.24) is 21.0 Å².